The average Bonchev–Trinajstić information content (AvgIpc) is 2.96. The summed E-state index contributed by atoms with van der Waals surface area (Å²) in [5.74, 6) is -0.00905. The lowest BCUT2D eigenvalue weighted by Crippen LogP contribution is -2.40. The van der Waals surface area contributed by atoms with Crippen LogP contribution in [0.25, 0.3) is 0 Å². The summed E-state index contributed by atoms with van der Waals surface area (Å²) in [7, 11) is 1.43. The van der Waals surface area contributed by atoms with Crippen molar-refractivity contribution in [2.45, 2.75) is 25.3 Å². The molecule has 108 valence electrons. The third-order valence-electron chi connectivity index (χ3n) is 4.16. The van der Waals surface area contributed by atoms with Crippen LogP contribution in [0, 0.1) is 11.8 Å². The Kier molecular flexibility index (Phi) is 3.37. The van der Waals surface area contributed by atoms with Crippen molar-refractivity contribution >= 4 is 23.5 Å². The Morgan fingerprint density at radius 2 is 2.20 bits per heavy atom. The van der Waals surface area contributed by atoms with Crippen molar-refractivity contribution in [2.24, 2.45) is 11.8 Å². The Morgan fingerprint density at radius 1 is 1.40 bits per heavy atom. The van der Waals surface area contributed by atoms with Crippen molar-refractivity contribution in [3.63, 3.8) is 0 Å². The summed E-state index contributed by atoms with van der Waals surface area (Å²) in [6.45, 7) is 0.644. The Labute approximate surface area is 120 Å². The monoisotopic (exact) mass is 298 g/mol. The van der Waals surface area contributed by atoms with Crippen LogP contribution in [0.4, 0.5) is 5.95 Å². The van der Waals surface area contributed by atoms with Gasteiger partial charge in [0.25, 0.3) is 0 Å². The third-order valence-corrected chi connectivity index (χ3v) is 4.33. The molecule has 1 saturated heterocycles. The molecular weight excluding hydrogens is 284 g/mol. The summed E-state index contributed by atoms with van der Waals surface area (Å²) >= 11 is 5.84. The molecule has 0 bridgehead atoms. The van der Waals surface area contributed by atoms with Crippen LogP contribution in [-0.2, 0) is 4.79 Å². The minimum Gasteiger partial charge on any atom is -0.480 e. The summed E-state index contributed by atoms with van der Waals surface area (Å²) in [4.78, 5) is 25.3. The van der Waals surface area contributed by atoms with E-state index in [9.17, 15) is 9.90 Å². The topological polar surface area (TPSA) is 88.4 Å². The zero-order valence-electron chi connectivity index (χ0n) is 11.0. The van der Waals surface area contributed by atoms with E-state index in [4.69, 9.17) is 16.3 Å². The van der Waals surface area contributed by atoms with Gasteiger partial charge in [-0.1, -0.05) is 6.42 Å². The fraction of sp³-hybridized carbons (Fsp3) is 0.667. The van der Waals surface area contributed by atoms with Crippen LogP contribution >= 0.6 is 11.6 Å². The Bertz CT molecular complexity index is 541. The molecule has 2 fully saturated rings. The Hall–Kier alpha value is -1.63. The lowest BCUT2D eigenvalue weighted by molar-refractivity contribution is -0.139. The molecule has 2 aliphatic rings. The molecule has 3 rings (SSSR count). The SMILES string of the molecule is COc1nc(Cl)nc(N2CC3CCCC3C2C(=O)O)n1. The summed E-state index contributed by atoms with van der Waals surface area (Å²) in [5.41, 5.74) is 0. The lowest BCUT2D eigenvalue weighted by atomic mass is 9.94. The number of fused-ring (bicyclic) bond motifs is 1. The number of carboxylic acids is 1. The molecule has 1 aliphatic heterocycles. The fourth-order valence-corrected chi connectivity index (χ4v) is 3.52. The van der Waals surface area contributed by atoms with E-state index < -0.39 is 12.0 Å². The van der Waals surface area contributed by atoms with E-state index in [1.807, 2.05) is 0 Å². The maximum Gasteiger partial charge on any atom is 0.326 e. The molecular formula is C12H15ClN4O3. The molecule has 2 heterocycles. The van der Waals surface area contributed by atoms with Gasteiger partial charge in [-0.05, 0) is 36.3 Å². The van der Waals surface area contributed by atoms with Crippen molar-refractivity contribution in [1.29, 1.82) is 0 Å². The minimum atomic E-state index is -0.838. The van der Waals surface area contributed by atoms with Gasteiger partial charge in [-0.15, -0.1) is 0 Å². The number of anilines is 1. The van der Waals surface area contributed by atoms with Crippen molar-refractivity contribution < 1.29 is 14.6 Å². The first-order valence-electron chi connectivity index (χ1n) is 6.55. The molecule has 1 aromatic heterocycles. The molecule has 0 aromatic carbocycles. The third kappa shape index (κ3) is 2.15. The van der Waals surface area contributed by atoms with Crippen molar-refractivity contribution in [3.8, 4) is 6.01 Å². The second-order valence-electron chi connectivity index (χ2n) is 5.18. The van der Waals surface area contributed by atoms with E-state index >= 15 is 0 Å². The van der Waals surface area contributed by atoms with E-state index in [0.29, 0.717) is 12.5 Å². The normalized spacial score (nSPS) is 28.5. The second kappa shape index (κ2) is 5.05. The summed E-state index contributed by atoms with van der Waals surface area (Å²) in [6.07, 6.45) is 3.09. The zero-order valence-corrected chi connectivity index (χ0v) is 11.7. The quantitative estimate of drug-likeness (QED) is 0.897. The second-order valence-corrected chi connectivity index (χ2v) is 5.52. The largest absolute Gasteiger partial charge is 0.480 e. The van der Waals surface area contributed by atoms with Crippen LogP contribution in [0.3, 0.4) is 0 Å². The number of carbonyl (C=O) groups is 1. The highest BCUT2D eigenvalue weighted by Gasteiger charge is 2.48. The van der Waals surface area contributed by atoms with Crippen LogP contribution in [-0.4, -0.2) is 45.7 Å². The van der Waals surface area contributed by atoms with Gasteiger partial charge in [-0.3, -0.25) is 0 Å². The van der Waals surface area contributed by atoms with Gasteiger partial charge in [0.1, 0.15) is 6.04 Å². The van der Waals surface area contributed by atoms with Crippen LogP contribution in [0.5, 0.6) is 6.01 Å². The van der Waals surface area contributed by atoms with Gasteiger partial charge in [0, 0.05) is 6.54 Å². The summed E-state index contributed by atoms with van der Waals surface area (Å²) in [6, 6.07) is -0.494. The number of carboxylic acid groups (broad SMARTS) is 1. The molecule has 1 aliphatic carbocycles. The number of methoxy groups -OCH3 is 1. The molecule has 3 unspecified atom stereocenters. The zero-order chi connectivity index (χ0) is 14.3. The average molecular weight is 299 g/mol. The van der Waals surface area contributed by atoms with E-state index in [1.54, 1.807) is 4.90 Å². The highest BCUT2D eigenvalue weighted by molar-refractivity contribution is 6.28. The van der Waals surface area contributed by atoms with E-state index in [-0.39, 0.29) is 23.2 Å². The molecule has 1 saturated carbocycles. The summed E-state index contributed by atoms with van der Waals surface area (Å²) in [5, 5.41) is 9.52. The highest BCUT2D eigenvalue weighted by Crippen LogP contribution is 2.43. The number of nitrogens with zero attached hydrogens (tertiary/aromatic N) is 4. The number of ether oxygens (including phenoxy) is 1. The van der Waals surface area contributed by atoms with Gasteiger partial charge < -0.3 is 14.7 Å². The molecule has 0 amide bonds. The number of aliphatic carboxylic acids is 1. The Balaban J connectivity index is 1.96. The maximum atomic E-state index is 11.6. The lowest BCUT2D eigenvalue weighted by Gasteiger charge is -2.24. The standard InChI is InChI=1S/C12H15ClN4O3/c1-20-12-15-10(13)14-11(16-12)17-5-6-3-2-4-7(6)8(17)9(18)19/h6-8H,2-5H2,1H3,(H,18,19). The predicted octanol–water partition coefficient (Wildman–Crippen LogP) is 1.22. The highest BCUT2D eigenvalue weighted by atomic mass is 35.5. The number of hydrogen-bond acceptors (Lipinski definition) is 6. The number of halogens is 1. The first kappa shape index (κ1) is 13.4. The van der Waals surface area contributed by atoms with Crippen molar-refractivity contribution in [2.75, 3.05) is 18.6 Å². The molecule has 1 aromatic rings. The molecule has 0 spiro atoms. The van der Waals surface area contributed by atoms with Gasteiger partial charge in [0.2, 0.25) is 11.2 Å². The minimum absolute atomic E-state index is 0.00745. The summed E-state index contributed by atoms with van der Waals surface area (Å²) < 4.78 is 4.96. The molecule has 3 atom stereocenters. The molecule has 1 N–H and O–H groups in total. The van der Waals surface area contributed by atoms with E-state index in [1.165, 1.54) is 7.11 Å². The molecule has 8 heteroatoms. The fourth-order valence-electron chi connectivity index (χ4n) is 3.37. The van der Waals surface area contributed by atoms with Gasteiger partial charge in [0.05, 0.1) is 7.11 Å². The van der Waals surface area contributed by atoms with Crippen LogP contribution in [0.15, 0.2) is 0 Å². The van der Waals surface area contributed by atoms with Gasteiger partial charge >= 0.3 is 12.0 Å². The predicted molar refractivity (Wildman–Crippen MR) is 71.0 cm³/mol. The van der Waals surface area contributed by atoms with E-state index in [2.05, 4.69) is 15.0 Å². The van der Waals surface area contributed by atoms with Crippen LogP contribution in [0.1, 0.15) is 19.3 Å². The first-order chi connectivity index (χ1) is 9.60. The van der Waals surface area contributed by atoms with Gasteiger partial charge in [-0.25, -0.2) is 4.79 Å². The smallest absolute Gasteiger partial charge is 0.326 e. The number of hydrogen-bond donors (Lipinski definition) is 1. The van der Waals surface area contributed by atoms with Gasteiger partial charge in [-0.2, -0.15) is 15.0 Å². The number of rotatable bonds is 3. The molecule has 20 heavy (non-hydrogen) atoms. The van der Waals surface area contributed by atoms with Crippen LogP contribution < -0.4 is 9.64 Å². The van der Waals surface area contributed by atoms with Gasteiger partial charge in [0.15, 0.2) is 0 Å². The van der Waals surface area contributed by atoms with Crippen molar-refractivity contribution in [1.82, 2.24) is 15.0 Å². The molecule has 0 radical (unpaired) electrons. The Morgan fingerprint density at radius 3 is 2.90 bits per heavy atom. The molecule has 7 nitrogen and oxygen atoms in total. The maximum absolute atomic E-state index is 11.6. The number of aromatic nitrogens is 3. The van der Waals surface area contributed by atoms with Crippen molar-refractivity contribution in [3.05, 3.63) is 5.28 Å². The van der Waals surface area contributed by atoms with E-state index in [0.717, 1.165) is 19.3 Å². The van der Waals surface area contributed by atoms with Crippen LogP contribution in [0.2, 0.25) is 5.28 Å². The first-order valence-corrected chi connectivity index (χ1v) is 6.93.